The number of carbonyl (C=O) groups excluding carboxylic acids is 1. The van der Waals surface area contributed by atoms with Crippen LogP contribution in [-0.4, -0.2) is 37.7 Å². The third-order valence-corrected chi connectivity index (χ3v) is 4.81. The van der Waals surface area contributed by atoms with Crippen LogP contribution in [0.2, 0.25) is 0 Å². The largest absolute Gasteiger partial charge is 0.633 e. The zero-order valence-corrected chi connectivity index (χ0v) is 14.8. The van der Waals surface area contributed by atoms with Crippen LogP contribution in [0.5, 0.6) is 0 Å². The van der Waals surface area contributed by atoms with Gasteiger partial charge in [-0.3, -0.25) is 4.79 Å². The van der Waals surface area contributed by atoms with Gasteiger partial charge in [-0.15, -0.1) is 0 Å². The molecule has 0 fully saturated rings. The maximum atomic E-state index is 13.1. The van der Waals surface area contributed by atoms with E-state index < -0.39 is 10.1 Å². The molecule has 2 rings (SSSR count). The molecule has 0 aromatic heterocycles. The van der Waals surface area contributed by atoms with Crippen molar-refractivity contribution in [2.75, 3.05) is 21.1 Å². The summed E-state index contributed by atoms with van der Waals surface area (Å²) < 4.78 is -0.446. The molecule has 0 saturated heterocycles. The molecule has 128 valence electrons. The SMILES string of the molecule is CNC(=O)C(CC(C)[N+](C)(C)[O-])(c1ccccc1)c1ccccc1. The minimum absolute atomic E-state index is 0.0970. The summed E-state index contributed by atoms with van der Waals surface area (Å²) in [6, 6.07) is 19.2. The first-order valence-corrected chi connectivity index (χ1v) is 8.20. The van der Waals surface area contributed by atoms with Crippen molar-refractivity contribution in [2.45, 2.75) is 24.8 Å². The number of likely N-dealkylation sites (N-methyl/N-ethyl adjacent to an activating group) is 1. The summed E-state index contributed by atoms with van der Waals surface area (Å²) >= 11 is 0. The van der Waals surface area contributed by atoms with Crippen molar-refractivity contribution in [1.82, 2.24) is 5.32 Å². The van der Waals surface area contributed by atoms with Crippen molar-refractivity contribution in [3.63, 3.8) is 0 Å². The third kappa shape index (κ3) is 3.50. The number of nitrogens with zero attached hydrogens (tertiary/aromatic N) is 1. The monoisotopic (exact) mass is 326 g/mol. The molecule has 2 aromatic rings. The number of amides is 1. The molecule has 0 saturated carbocycles. The van der Waals surface area contributed by atoms with Gasteiger partial charge < -0.3 is 15.2 Å². The molecule has 4 nitrogen and oxygen atoms in total. The highest BCUT2D eigenvalue weighted by molar-refractivity contribution is 5.92. The molecule has 0 radical (unpaired) electrons. The smallest absolute Gasteiger partial charge is 0.235 e. The zero-order valence-electron chi connectivity index (χ0n) is 14.8. The molecule has 1 atom stereocenters. The second kappa shape index (κ2) is 7.16. The average molecular weight is 326 g/mol. The van der Waals surface area contributed by atoms with E-state index in [1.54, 1.807) is 21.1 Å². The van der Waals surface area contributed by atoms with Crippen LogP contribution < -0.4 is 5.32 Å². The highest BCUT2D eigenvalue weighted by Crippen LogP contribution is 2.38. The Morgan fingerprint density at radius 2 is 1.46 bits per heavy atom. The summed E-state index contributed by atoms with van der Waals surface area (Å²) in [6.07, 6.45) is 0.428. The van der Waals surface area contributed by atoms with Crippen LogP contribution in [0.1, 0.15) is 24.5 Å². The fraction of sp³-hybridized carbons (Fsp3) is 0.350. The lowest BCUT2D eigenvalue weighted by molar-refractivity contribution is -0.865. The molecule has 0 aliphatic carbocycles. The maximum absolute atomic E-state index is 13.1. The van der Waals surface area contributed by atoms with E-state index in [1.807, 2.05) is 67.6 Å². The lowest BCUT2D eigenvalue weighted by Crippen LogP contribution is -2.51. The van der Waals surface area contributed by atoms with Gasteiger partial charge in [-0.2, -0.15) is 0 Å². The molecule has 0 bridgehead atoms. The van der Waals surface area contributed by atoms with Crippen LogP contribution in [-0.2, 0) is 10.2 Å². The van der Waals surface area contributed by atoms with Crippen molar-refractivity contribution < 1.29 is 9.44 Å². The van der Waals surface area contributed by atoms with E-state index in [0.29, 0.717) is 6.42 Å². The van der Waals surface area contributed by atoms with E-state index in [0.717, 1.165) is 11.1 Å². The Hall–Kier alpha value is -2.17. The average Bonchev–Trinajstić information content (AvgIpc) is 2.59. The van der Waals surface area contributed by atoms with E-state index in [1.165, 1.54) is 0 Å². The third-order valence-electron chi connectivity index (χ3n) is 4.81. The Labute approximate surface area is 144 Å². The fourth-order valence-corrected chi connectivity index (χ4v) is 3.08. The van der Waals surface area contributed by atoms with E-state index in [-0.39, 0.29) is 11.9 Å². The first kappa shape index (κ1) is 18.2. The van der Waals surface area contributed by atoms with Gasteiger partial charge in [0.2, 0.25) is 5.91 Å². The zero-order chi connectivity index (χ0) is 17.8. The van der Waals surface area contributed by atoms with Crippen LogP contribution >= 0.6 is 0 Å². The number of quaternary nitrogens is 1. The Morgan fingerprint density at radius 3 is 1.79 bits per heavy atom. The molecule has 0 aliphatic rings. The van der Waals surface area contributed by atoms with Gasteiger partial charge in [0.05, 0.1) is 20.1 Å². The second-order valence-corrected chi connectivity index (χ2v) is 6.70. The van der Waals surface area contributed by atoms with E-state index in [2.05, 4.69) is 5.32 Å². The number of rotatable bonds is 6. The Morgan fingerprint density at radius 1 is 1.04 bits per heavy atom. The highest BCUT2D eigenvalue weighted by Gasteiger charge is 2.44. The molecule has 0 spiro atoms. The van der Waals surface area contributed by atoms with Gasteiger partial charge >= 0.3 is 0 Å². The summed E-state index contributed by atoms with van der Waals surface area (Å²) in [6.45, 7) is 1.90. The number of benzene rings is 2. The molecule has 2 aromatic carbocycles. The highest BCUT2D eigenvalue weighted by atomic mass is 16.5. The number of hydrogen-bond donors (Lipinski definition) is 1. The van der Waals surface area contributed by atoms with Crippen molar-refractivity contribution in [1.29, 1.82) is 0 Å². The summed E-state index contributed by atoms with van der Waals surface area (Å²) in [4.78, 5) is 13.1. The van der Waals surface area contributed by atoms with Gasteiger partial charge in [0.15, 0.2) is 0 Å². The molecule has 1 amide bonds. The van der Waals surface area contributed by atoms with E-state index >= 15 is 0 Å². The molecule has 1 unspecified atom stereocenters. The predicted molar refractivity (Wildman–Crippen MR) is 97.3 cm³/mol. The van der Waals surface area contributed by atoms with Gasteiger partial charge in [-0.25, -0.2) is 0 Å². The number of carbonyl (C=O) groups is 1. The summed E-state index contributed by atoms with van der Waals surface area (Å²) in [5.41, 5.74) is 0.906. The Kier molecular flexibility index (Phi) is 5.42. The van der Waals surface area contributed by atoms with Crippen molar-refractivity contribution in [3.05, 3.63) is 77.0 Å². The molecule has 0 aliphatic heterocycles. The second-order valence-electron chi connectivity index (χ2n) is 6.70. The standard InChI is InChI=1S/C20H26N2O2/c1-16(22(3,4)24)15-20(19(23)21-2,17-11-7-5-8-12-17)18-13-9-6-10-14-18/h5-14,16H,15H2,1-4H3,(H,21,23). The number of hydroxylamine groups is 3. The lowest BCUT2D eigenvalue weighted by atomic mass is 9.69. The minimum atomic E-state index is -0.892. The topological polar surface area (TPSA) is 52.2 Å². The molecule has 1 N–H and O–H groups in total. The van der Waals surface area contributed by atoms with Gasteiger partial charge in [0.25, 0.3) is 0 Å². The van der Waals surface area contributed by atoms with Gasteiger partial charge in [-0.1, -0.05) is 60.7 Å². The van der Waals surface area contributed by atoms with Crippen molar-refractivity contribution in [3.8, 4) is 0 Å². The summed E-state index contributed by atoms with van der Waals surface area (Å²) in [5, 5.41) is 15.3. The Bertz CT molecular complexity index is 624. The minimum Gasteiger partial charge on any atom is -0.633 e. The quantitative estimate of drug-likeness (QED) is 0.655. The van der Waals surface area contributed by atoms with Crippen LogP contribution in [0, 0.1) is 5.21 Å². The van der Waals surface area contributed by atoms with Crippen molar-refractivity contribution >= 4 is 5.91 Å². The van der Waals surface area contributed by atoms with Crippen LogP contribution in [0.15, 0.2) is 60.7 Å². The summed E-state index contributed by atoms with van der Waals surface area (Å²) in [5.74, 6) is -0.0970. The normalized spacial score (nSPS) is 13.4. The van der Waals surface area contributed by atoms with Gasteiger partial charge in [-0.05, 0) is 18.1 Å². The molecular weight excluding hydrogens is 300 g/mol. The molecular formula is C20H26N2O2. The number of nitrogens with one attached hydrogen (secondary N) is 1. The van der Waals surface area contributed by atoms with Gasteiger partial charge in [0.1, 0.15) is 5.41 Å². The predicted octanol–water partition coefficient (Wildman–Crippen LogP) is 3.07. The molecule has 4 heteroatoms. The van der Waals surface area contributed by atoms with Crippen LogP contribution in [0.3, 0.4) is 0 Å². The van der Waals surface area contributed by atoms with Crippen LogP contribution in [0.4, 0.5) is 0 Å². The Balaban J connectivity index is 2.68. The fourth-order valence-electron chi connectivity index (χ4n) is 3.08. The molecule has 24 heavy (non-hydrogen) atoms. The number of hydrogen-bond acceptors (Lipinski definition) is 2. The van der Waals surface area contributed by atoms with Crippen molar-refractivity contribution in [2.24, 2.45) is 0 Å². The van der Waals surface area contributed by atoms with Crippen LogP contribution in [0.25, 0.3) is 0 Å². The summed E-state index contributed by atoms with van der Waals surface area (Å²) in [7, 11) is 4.88. The van der Waals surface area contributed by atoms with Gasteiger partial charge in [0, 0.05) is 13.5 Å². The van der Waals surface area contributed by atoms with E-state index in [9.17, 15) is 10.0 Å². The lowest BCUT2D eigenvalue weighted by Gasteiger charge is -2.44. The first-order valence-electron chi connectivity index (χ1n) is 8.20. The first-order chi connectivity index (χ1) is 11.3. The molecule has 0 heterocycles. The maximum Gasteiger partial charge on any atom is 0.235 e. The van der Waals surface area contributed by atoms with E-state index in [4.69, 9.17) is 0 Å².